The first-order valence-corrected chi connectivity index (χ1v) is 8.87. The Morgan fingerprint density at radius 2 is 1.71 bits per heavy atom. The quantitative estimate of drug-likeness (QED) is 0.587. The second kappa shape index (κ2) is 8.96. The van der Waals surface area contributed by atoms with Crippen molar-refractivity contribution < 1.29 is 9.59 Å². The number of hydrogen-bond acceptors (Lipinski definition) is 5. The monoisotopic (exact) mass is 395 g/mol. The van der Waals surface area contributed by atoms with Crippen molar-refractivity contribution in [3.8, 4) is 0 Å². The number of carbonyl (C=O) groups is 2. The summed E-state index contributed by atoms with van der Waals surface area (Å²) in [6.07, 6.45) is 1.32. The average Bonchev–Trinajstić information content (AvgIpc) is 2.67. The molecule has 1 aromatic heterocycles. The fourth-order valence-electron chi connectivity index (χ4n) is 2.48. The Morgan fingerprint density at radius 3 is 2.46 bits per heavy atom. The lowest BCUT2D eigenvalue weighted by Crippen LogP contribution is -2.15. The molecule has 0 unspecified atom stereocenters. The van der Waals surface area contributed by atoms with E-state index in [4.69, 9.17) is 11.6 Å². The van der Waals surface area contributed by atoms with Gasteiger partial charge in [-0.1, -0.05) is 35.9 Å². The van der Waals surface area contributed by atoms with Crippen LogP contribution in [0.4, 0.5) is 17.2 Å². The van der Waals surface area contributed by atoms with E-state index in [1.807, 2.05) is 24.3 Å². The number of hydrogen-bond donors (Lipinski definition) is 3. The molecule has 0 saturated carbocycles. The Balaban J connectivity index is 1.67. The van der Waals surface area contributed by atoms with Crippen molar-refractivity contribution >= 4 is 40.6 Å². The van der Waals surface area contributed by atoms with E-state index in [1.54, 1.807) is 30.3 Å². The van der Waals surface area contributed by atoms with E-state index in [9.17, 15) is 9.59 Å². The summed E-state index contributed by atoms with van der Waals surface area (Å²) >= 11 is 6.14. The van der Waals surface area contributed by atoms with Gasteiger partial charge in [-0.2, -0.15) is 0 Å². The number of nitrogens with one attached hydrogen (secondary N) is 3. The summed E-state index contributed by atoms with van der Waals surface area (Å²) in [7, 11) is 0. The van der Waals surface area contributed by atoms with Crippen LogP contribution in [0.3, 0.4) is 0 Å². The molecule has 142 valence electrons. The summed E-state index contributed by atoms with van der Waals surface area (Å²) < 4.78 is 0. The summed E-state index contributed by atoms with van der Waals surface area (Å²) in [6, 6.07) is 15.9. The number of carbonyl (C=O) groups excluding carboxylic acids is 2. The minimum Gasteiger partial charge on any atom is -0.366 e. The molecule has 8 heteroatoms. The van der Waals surface area contributed by atoms with Crippen LogP contribution in [-0.4, -0.2) is 21.8 Å². The maximum absolute atomic E-state index is 12.5. The van der Waals surface area contributed by atoms with E-state index in [0.717, 1.165) is 5.56 Å². The number of nitrogens with zero attached hydrogens (tertiary/aromatic N) is 2. The molecule has 3 rings (SSSR count). The Kier molecular flexibility index (Phi) is 6.18. The maximum atomic E-state index is 12.5. The number of aromatic nitrogens is 2. The van der Waals surface area contributed by atoms with Crippen molar-refractivity contribution in [3.05, 3.63) is 77.2 Å². The van der Waals surface area contributed by atoms with Gasteiger partial charge in [0, 0.05) is 35.9 Å². The SMILES string of the molecule is CC(=O)Nc1cccc(NC(=O)c2cc(NCc3ccccc3Cl)ncn2)c1. The summed E-state index contributed by atoms with van der Waals surface area (Å²) in [5.74, 6) is -0.0660. The Labute approximate surface area is 167 Å². The largest absolute Gasteiger partial charge is 0.366 e. The summed E-state index contributed by atoms with van der Waals surface area (Å²) in [5.41, 5.74) is 2.26. The van der Waals surface area contributed by atoms with Crippen molar-refractivity contribution in [2.45, 2.75) is 13.5 Å². The molecule has 0 fully saturated rings. The van der Waals surface area contributed by atoms with Gasteiger partial charge in [-0.05, 0) is 29.8 Å². The molecular weight excluding hydrogens is 378 g/mol. The molecule has 0 spiro atoms. The average molecular weight is 396 g/mol. The standard InChI is InChI=1S/C20H18ClN5O2/c1-13(27)25-15-6-4-7-16(9-15)26-20(28)18-10-19(24-12-23-18)22-11-14-5-2-3-8-17(14)21/h2-10,12H,11H2,1H3,(H,25,27)(H,26,28)(H,22,23,24). The van der Waals surface area contributed by atoms with Gasteiger partial charge >= 0.3 is 0 Å². The summed E-state index contributed by atoms with van der Waals surface area (Å²) in [5, 5.41) is 9.20. The van der Waals surface area contributed by atoms with Crippen molar-refractivity contribution in [2.24, 2.45) is 0 Å². The van der Waals surface area contributed by atoms with Crippen molar-refractivity contribution in [2.75, 3.05) is 16.0 Å². The van der Waals surface area contributed by atoms with E-state index < -0.39 is 0 Å². The van der Waals surface area contributed by atoms with Gasteiger partial charge < -0.3 is 16.0 Å². The number of anilines is 3. The zero-order valence-electron chi connectivity index (χ0n) is 15.1. The lowest BCUT2D eigenvalue weighted by Gasteiger charge is -2.09. The molecular formula is C20H18ClN5O2. The van der Waals surface area contributed by atoms with Gasteiger partial charge in [0.1, 0.15) is 17.8 Å². The highest BCUT2D eigenvalue weighted by atomic mass is 35.5. The van der Waals surface area contributed by atoms with E-state index >= 15 is 0 Å². The molecule has 3 aromatic rings. The van der Waals surface area contributed by atoms with Gasteiger partial charge in [-0.25, -0.2) is 9.97 Å². The minimum absolute atomic E-state index is 0.187. The molecule has 3 N–H and O–H groups in total. The van der Waals surface area contributed by atoms with Gasteiger partial charge in [0.05, 0.1) is 0 Å². The van der Waals surface area contributed by atoms with Crippen LogP contribution in [0.1, 0.15) is 23.0 Å². The molecule has 0 radical (unpaired) electrons. The molecule has 7 nitrogen and oxygen atoms in total. The lowest BCUT2D eigenvalue weighted by molar-refractivity contribution is -0.114. The maximum Gasteiger partial charge on any atom is 0.274 e. The molecule has 0 saturated heterocycles. The van der Waals surface area contributed by atoms with Crippen LogP contribution in [0.5, 0.6) is 0 Å². The Morgan fingerprint density at radius 1 is 0.964 bits per heavy atom. The first kappa shape index (κ1) is 19.3. The molecule has 1 heterocycles. The van der Waals surface area contributed by atoms with Crippen LogP contribution in [0.2, 0.25) is 5.02 Å². The normalized spacial score (nSPS) is 10.2. The van der Waals surface area contributed by atoms with E-state index in [0.29, 0.717) is 28.8 Å². The number of benzene rings is 2. The van der Waals surface area contributed by atoms with Crippen LogP contribution >= 0.6 is 11.6 Å². The topological polar surface area (TPSA) is 96.0 Å². The van der Waals surface area contributed by atoms with Gasteiger partial charge in [0.2, 0.25) is 5.91 Å². The van der Waals surface area contributed by atoms with Crippen LogP contribution in [0.15, 0.2) is 60.9 Å². The van der Waals surface area contributed by atoms with Crippen LogP contribution in [-0.2, 0) is 11.3 Å². The number of amides is 2. The second-order valence-electron chi connectivity index (χ2n) is 5.95. The van der Waals surface area contributed by atoms with E-state index in [1.165, 1.54) is 13.3 Å². The van der Waals surface area contributed by atoms with Gasteiger partial charge in [0.25, 0.3) is 5.91 Å². The third-order valence-corrected chi connectivity index (χ3v) is 4.13. The molecule has 0 aliphatic carbocycles. The second-order valence-corrected chi connectivity index (χ2v) is 6.36. The van der Waals surface area contributed by atoms with Crippen molar-refractivity contribution in [1.82, 2.24) is 9.97 Å². The van der Waals surface area contributed by atoms with E-state index in [2.05, 4.69) is 25.9 Å². The highest BCUT2D eigenvalue weighted by Gasteiger charge is 2.10. The fraction of sp³-hybridized carbons (Fsp3) is 0.100. The molecule has 2 amide bonds. The first-order valence-electron chi connectivity index (χ1n) is 8.49. The highest BCUT2D eigenvalue weighted by molar-refractivity contribution is 6.31. The van der Waals surface area contributed by atoms with Crippen LogP contribution < -0.4 is 16.0 Å². The van der Waals surface area contributed by atoms with Crippen molar-refractivity contribution in [3.63, 3.8) is 0 Å². The lowest BCUT2D eigenvalue weighted by atomic mass is 10.2. The minimum atomic E-state index is -0.386. The van der Waals surface area contributed by atoms with E-state index in [-0.39, 0.29) is 17.5 Å². The summed E-state index contributed by atoms with van der Waals surface area (Å²) in [4.78, 5) is 31.8. The Bertz CT molecular complexity index is 1010. The van der Waals surface area contributed by atoms with Gasteiger partial charge in [0.15, 0.2) is 0 Å². The third kappa shape index (κ3) is 5.28. The zero-order valence-corrected chi connectivity index (χ0v) is 15.8. The van der Waals surface area contributed by atoms with Crippen LogP contribution in [0.25, 0.3) is 0 Å². The summed E-state index contributed by atoms with van der Waals surface area (Å²) in [6.45, 7) is 1.89. The molecule has 0 bridgehead atoms. The third-order valence-electron chi connectivity index (χ3n) is 3.76. The van der Waals surface area contributed by atoms with Crippen LogP contribution in [0, 0.1) is 0 Å². The molecule has 2 aromatic carbocycles. The fourth-order valence-corrected chi connectivity index (χ4v) is 2.68. The number of rotatable bonds is 6. The van der Waals surface area contributed by atoms with Gasteiger partial charge in [-0.3, -0.25) is 9.59 Å². The first-order chi connectivity index (χ1) is 13.5. The zero-order chi connectivity index (χ0) is 19.9. The van der Waals surface area contributed by atoms with Crippen molar-refractivity contribution in [1.29, 1.82) is 0 Å². The Hall–Kier alpha value is -3.45. The van der Waals surface area contributed by atoms with Gasteiger partial charge in [-0.15, -0.1) is 0 Å². The smallest absolute Gasteiger partial charge is 0.274 e. The molecule has 0 atom stereocenters. The highest BCUT2D eigenvalue weighted by Crippen LogP contribution is 2.18. The predicted octanol–water partition coefficient (Wildman–Crippen LogP) is 3.95. The molecule has 0 aliphatic rings. The molecule has 28 heavy (non-hydrogen) atoms. The number of halogens is 1. The molecule has 0 aliphatic heterocycles. The predicted molar refractivity (Wildman–Crippen MR) is 110 cm³/mol.